The maximum Gasteiger partial charge on any atom is 0.269 e. The van der Waals surface area contributed by atoms with Crippen molar-refractivity contribution < 1.29 is 0 Å². The Kier molecular flexibility index (Phi) is 4.93. The van der Waals surface area contributed by atoms with Crippen LogP contribution in [0, 0.1) is 0 Å². The van der Waals surface area contributed by atoms with Gasteiger partial charge in [0.2, 0.25) is 0 Å². The van der Waals surface area contributed by atoms with Gasteiger partial charge in [-0.05, 0) is 24.0 Å². The average molecular weight is 271 g/mol. The van der Waals surface area contributed by atoms with E-state index < -0.39 is 0 Å². The van der Waals surface area contributed by atoms with Gasteiger partial charge in [0.25, 0.3) is 5.56 Å². The summed E-state index contributed by atoms with van der Waals surface area (Å²) in [6, 6.07) is 9.89. The predicted molar refractivity (Wildman–Crippen MR) is 82.2 cm³/mol. The minimum Gasteiger partial charge on any atom is -0.384 e. The summed E-state index contributed by atoms with van der Waals surface area (Å²) in [7, 11) is 0. The molecule has 0 saturated heterocycles. The van der Waals surface area contributed by atoms with E-state index >= 15 is 0 Å². The number of anilines is 1. The molecule has 106 valence electrons. The van der Waals surface area contributed by atoms with Crippen molar-refractivity contribution in [1.29, 1.82) is 0 Å². The lowest BCUT2D eigenvalue weighted by atomic mass is 10.1. The second-order valence-electron chi connectivity index (χ2n) is 4.84. The Morgan fingerprint density at radius 3 is 2.45 bits per heavy atom. The SMILES string of the molecule is CCCNc1cnn(Cc2ccc(CC)cc2)c(=O)c1. The van der Waals surface area contributed by atoms with Crippen LogP contribution in [0.5, 0.6) is 0 Å². The highest BCUT2D eigenvalue weighted by Crippen LogP contribution is 2.06. The summed E-state index contributed by atoms with van der Waals surface area (Å²) in [5.41, 5.74) is 3.10. The zero-order valence-corrected chi connectivity index (χ0v) is 12.1. The van der Waals surface area contributed by atoms with Crippen LogP contribution in [0.15, 0.2) is 41.3 Å². The molecule has 1 aromatic carbocycles. The fourth-order valence-corrected chi connectivity index (χ4v) is 1.97. The fourth-order valence-electron chi connectivity index (χ4n) is 1.97. The summed E-state index contributed by atoms with van der Waals surface area (Å²) in [5.74, 6) is 0. The predicted octanol–water partition coefficient (Wildman–Crippen LogP) is 2.68. The third-order valence-corrected chi connectivity index (χ3v) is 3.21. The summed E-state index contributed by atoms with van der Waals surface area (Å²) >= 11 is 0. The molecule has 0 spiro atoms. The minimum absolute atomic E-state index is 0.0781. The van der Waals surface area contributed by atoms with E-state index in [1.54, 1.807) is 12.3 Å². The average Bonchev–Trinajstić information content (AvgIpc) is 2.48. The van der Waals surface area contributed by atoms with Crippen LogP contribution < -0.4 is 10.9 Å². The van der Waals surface area contributed by atoms with Gasteiger partial charge in [0.05, 0.1) is 18.4 Å². The molecule has 20 heavy (non-hydrogen) atoms. The molecule has 1 N–H and O–H groups in total. The molecule has 0 bridgehead atoms. The number of rotatable bonds is 6. The molecular formula is C16H21N3O. The van der Waals surface area contributed by atoms with Gasteiger partial charge in [-0.1, -0.05) is 38.1 Å². The van der Waals surface area contributed by atoms with Crippen LogP contribution in [-0.4, -0.2) is 16.3 Å². The van der Waals surface area contributed by atoms with E-state index in [0.717, 1.165) is 30.6 Å². The maximum atomic E-state index is 12.0. The Hall–Kier alpha value is -2.10. The second kappa shape index (κ2) is 6.89. The first kappa shape index (κ1) is 14.3. The molecule has 0 aliphatic heterocycles. The Labute approximate surface area is 119 Å². The third kappa shape index (κ3) is 3.70. The van der Waals surface area contributed by atoms with Crippen LogP contribution in [0.4, 0.5) is 5.69 Å². The quantitative estimate of drug-likeness (QED) is 0.878. The Bertz CT molecular complexity index is 602. The number of aromatic nitrogens is 2. The van der Waals surface area contributed by atoms with Crippen molar-refractivity contribution in [3.8, 4) is 0 Å². The molecule has 4 heteroatoms. The van der Waals surface area contributed by atoms with Crippen LogP contribution in [-0.2, 0) is 13.0 Å². The molecule has 0 radical (unpaired) electrons. The lowest BCUT2D eigenvalue weighted by Gasteiger charge is -2.08. The van der Waals surface area contributed by atoms with Gasteiger partial charge >= 0.3 is 0 Å². The summed E-state index contributed by atoms with van der Waals surface area (Å²) in [6.07, 6.45) is 3.75. The lowest BCUT2D eigenvalue weighted by Crippen LogP contribution is -2.23. The highest BCUT2D eigenvalue weighted by molar-refractivity contribution is 5.38. The van der Waals surface area contributed by atoms with Crippen molar-refractivity contribution in [2.75, 3.05) is 11.9 Å². The van der Waals surface area contributed by atoms with Gasteiger partial charge in [0.15, 0.2) is 0 Å². The van der Waals surface area contributed by atoms with Gasteiger partial charge in [-0.2, -0.15) is 5.10 Å². The molecule has 1 aromatic heterocycles. The summed E-state index contributed by atoms with van der Waals surface area (Å²) < 4.78 is 1.48. The minimum atomic E-state index is -0.0781. The van der Waals surface area contributed by atoms with Gasteiger partial charge in [-0.3, -0.25) is 4.79 Å². The number of hydrogen-bond acceptors (Lipinski definition) is 3. The number of nitrogens with zero attached hydrogens (tertiary/aromatic N) is 2. The van der Waals surface area contributed by atoms with E-state index in [1.807, 2.05) is 0 Å². The molecule has 0 amide bonds. The fraction of sp³-hybridized carbons (Fsp3) is 0.375. The molecule has 0 unspecified atom stereocenters. The van der Waals surface area contributed by atoms with E-state index in [9.17, 15) is 4.79 Å². The van der Waals surface area contributed by atoms with Crippen molar-refractivity contribution in [3.05, 3.63) is 58.0 Å². The van der Waals surface area contributed by atoms with Gasteiger partial charge in [-0.15, -0.1) is 0 Å². The van der Waals surface area contributed by atoms with Gasteiger partial charge in [0.1, 0.15) is 0 Å². The first-order valence-electron chi connectivity index (χ1n) is 7.11. The van der Waals surface area contributed by atoms with Crippen molar-refractivity contribution >= 4 is 5.69 Å². The molecule has 0 saturated carbocycles. The van der Waals surface area contributed by atoms with Crippen LogP contribution in [0.3, 0.4) is 0 Å². The van der Waals surface area contributed by atoms with E-state index in [0.29, 0.717) is 6.54 Å². The summed E-state index contributed by atoms with van der Waals surface area (Å²) in [4.78, 5) is 12.0. The molecular weight excluding hydrogens is 250 g/mol. The molecule has 2 aromatic rings. The normalized spacial score (nSPS) is 10.5. The molecule has 4 nitrogen and oxygen atoms in total. The zero-order valence-electron chi connectivity index (χ0n) is 12.1. The topological polar surface area (TPSA) is 46.9 Å². The molecule has 1 heterocycles. The molecule has 2 rings (SSSR count). The van der Waals surface area contributed by atoms with E-state index in [1.165, 1.54) is 10.2 Å². The second-order valence-corrected chi connectivity index (χ2v) is 4.84. The summed E-state index contributed by atoms with van der Waals surface area (Å²) in [6.45, 7) is 5.57. The number of hydrogen-bond donors (Lipinski definition) is 1. The van der Waals surface area contributed by atoms with E-state index in [-0.39, 0.29) is 5.56 Å². The number of aryl methyl sites for hydroxylation is 1. The zero-order chi connectivity index (χ0) is 14.4. The largest absolute Gasteiger partial charge is 0.384 e. The van der Waals surface area contributed by atoms with Crippen LogP contribution in [0.2, 0.25) is 0 Å². The summed E-state index contributed by atoms with van der Waals surface area (Å²) in [5, 5.41) is 7.38. The molecule has 0 fully saturated rings. The lowest BCUT2D eigenvalue weighted by molar-refractivity contribution is 0.639. The standard InChI is InChI=1S/C16H21N3O/c1-3-9-17-15-10-16(20)19(18-11-15)12-14-7-5-13(4-2)6-8-14/h5-8,10-11,17H,3-4,9,12H2,1-2H3. The highest BCUT2D eigenvalue weighted by atomic mass is 16.1. The van der Waals surface area contributed by atoms with Crippen molar-refractivity contribution in [2.24, 2.45) is 0 Å². The maximum absolute atomic E-state index is 12.0. The molecule has 0 atom stereocenters. The van der Waals surface area contributed by atoms with Gasteiger partial charge < -0.3 is 5.32 Å². The monoisotopic (exact) mass is 271 g/mol. The highest BCUT2D eigenvalue weighted by Gasteiger charge is 2.01. The third-order valence-electron chi connectivity index (χ3n) is 3.21. The van der Waals surface area contributed by atoms with Gasteiger partial charge in [-0.25, -0.2) is 4.68 Å². The van der Waals surface area contributed by atoms with Crippen molar-refractivity contribution in [3.63, 3.8) is 0 Å². The van der Waals surface area contributed by atoms with E-state index in [2.05, 4.69) is 48.5 Å². The first-order chi connectivity index (χ1) is 9.72. The molecule has 0 aliphatic carbocycles. The van der Waals surface area contributed by atoms with Crippen molar-refractivity contribution in [1.82, 2.24) is 9.78 Å². The molecule has 0 aliphatic rings. The Balaban J connectivity index is 2.10. The Morgan fingerprint density at radius 2 is 1.85 bits per heavy atom. The van der Waals surface area contributed by atoms with Crippen LogP contribution in [0.1, 0.15) is 31.4 Å². The smallest absolute Gasteiger partial charge is 0.269 e. The van der Waals surface area contributed by atoms with Gasteiger partial charge in [0, 0.05) is 12.6 Å². The first-order valence-corrected chi connectivity index (χ1v) is 7.11. The van der Waals surface area contributed by atoms with Crippen LogP contribution in [0.25, 0.3) is 0 Å². The number of benzene rings is 1. The van der Waals surface area contributed by atoms with Crippen molar-refractivity contribution in [2.45, 2.75) is 33.2 Å². The van der Waals surface area contributed by atoms with Crippen LogP contribution >= 0.6 is 0 Å². The number of nitrogens with one attached hydrogen (secondary N) is 1. The Morgan fingerprint density at radius 1 is 1.15 bits per heavy atom. The van der Waals surface area contributed by atoms with E-state index in [4.69, 9.17) is 0 Å².